The van der Waals surface area contributed by atoms with Gasteiger partial charge < -0.3 is 5.11 Å². The third kappa shape index (κ3) is 3.83. The van der Waals surface area contributed by atoms with E-state index < -0.39 is 5.60 Å². The quantitative estimate of drug-likeness (QED) is 0.648. The maximum absolute atomic E-state index is 12.4. The van der Waals surface area contributed by atoms with Gasteiger partial charge in [-0.15, -0.1) is 0 Å². The van der Waals surface area contributed by atoms with Crippen molar-refractivity contribution in [3.8, 4) is 0 Å². The Balaban J connectivity index is 1.33. The Morgan fingerprint density at radius 3 is 2.46 bits per heavy atom. The number of benzene rings is 1. The van der Waals surface area contributed by atoms with Gasteiger partial charge in [-0.3, -0.25) is 9.69 Å². The predicted molar refractivity (Wildman–Crippen MR) is 101 cm³/mol. The van der Waals surface area contributed by atoms with Crippen LogP contribution in [0.15, 0.2) is 48.7 Å². The summed E-state index contributed by atoms with van der Waals surface area (Å²) in [5.41, 5.74) is 1.19. The van der Waals surface area contributed by atoms with E-state index in [4.69, 9.17) is 11.6 Å². The van der Waals surface area contributed by atoms with E-state index in [2.05, 4.69) is 22.0 Å². The number of hydrogen-bond donors (Lipinski definition) is 1. The molecule has 0 amide bonds. The number of rotatable bonds is 5. The molecule has 0 bridgehead atoms. The lowest BCUT2D eigenvalue weighted by atomic mass is 9.91. The van der Waals surface area contributed by atoms with Gasteiger partial charge in [-0.2, -0.15) is 0 Å². The van der Waals surface area contributed by atoms with Gasteiger partial charge in [0.15, 0.2) is 5.78 Å². The molecule has 26 heavy (non-hydrogen) atoms. The van der Waals surface area contributed by atoms with Crippen LogP contribution in [0.3, 0.4) is 0 Å². The number of aliphatic hydroxyl groups is 1. The van der Waals surface area contributed by atoms with Crippen LogP contribution in [-0.4, -0.2) is 46.0 Å². The summed E-state index contributed by atoms with van der Waals surface area (Å²) in [4.78, 5) is 18.6. The first-order valence-corrected chi connectivity index (χ1v) is 9.52. The molecular weight excluding hydrogens is 348 g/mol. The molecule has 2 fully saturated rings. The van der Waals surface area contributed by atoms with Crippen molar-refractivity contribution in [2.24, 2.45) is 11.8 Å². The molecule has 1 unspecified atom stereocenters. The highest BCUT2D eigenvalue weighted by Crippen LogP contribution is 2.45. The number of halogens is 1. The fourth-order valence-electron chi connectivity index (χ4n) is 4.64. The molecule has 5 heteroatoms. The molecule has 0 spiro atoms. The van der Waals surface area contributed by atoms with Crippen molar-refractivity contribution in [2.75, 3.05) is 19.6 Å². The fourth-order valence-corrected chi connectivity index (χ4v) is 4.75. The minimum atomic E-state index is -0.604. The first-order chi connectivity index (χ1) is 12.5. The Hall–Kier alpha value is -1.75. The number of pyridine rings is 1. The Morgan fingerprint density at radius 2 is 1.85 bits per heavy atom. The van der Waals surface area contributed by atoms with E-state index >= 15 is 0 Å². The number of Topliss-reactive ketones (excluding diaryl/α,β-unsaturated/α-hetero) is 1. The Bertz CT molecular complexity index is 764. The van der Waals surface area contributed by atoms with Crippen molar-refractivity contribution in [3.05, 3.63) is 64.9 Å². The van der Waals surface area contributed by atoms with E-state index in [1.807, 2.05) is 18.2 Å². The SMILES string of the molecule is O=C(CN1C[C@@H]2CC(O)(Cc3ccccc3)C[C@@H]2C1)c1ccc(Cl)nc1. The van der Waals surface area contributed by atoms with Crippen molar-refractivity contribution in [2.45, 2.75) is 24.9 Å². The molecule has 1 N–H and O–H groups in total. The minimum Gasteiger partial charge on any atom is -0.390 e. The summed E-state index contributed by atoms with van der Waals surface area (Å²) < 4.78 is 0. The van der Waals surface area contributed by atoms with Crippen LogP contribution in [0, 0.1) is 11.8 Å². The highest BCUT2D eigenvalue weighted by Gasteiger charge is 2.48. The Morgan fingerprint density at radius 1 is 1.15 bits per heavy atom. The predicted octanol–water partition coefficient (Wildman–Crippen LogP) is 3.23. The number of nitrogens with zero attached hydrogens (tertiary/aromatic N) is 2. The monoisotopic (exact) mass is 370 g/mol. The average molecular weight is 371 g/mol. The molecule has 3 atom stereocenters. The van der Waals surface area contributed by atoms with Gasteiger partial charge in [0.05, 0.1) is 12.1 Å². The number of fused-ring (bicyclic) bond motifs is 1. The molecule has 1 aliphatic carbocycles. The van der Waals surface area contributed by atoms with Gasteiger partial charge in [-0.05, 0) is 42.4 Å². The van der Waals surface area contributed by atoms with E-state index in [9.17, 15) is 9.90 Å². The molecule has 0 radical (unpaired) electrons. The minimum absolute atomic E-state index is 0.0775. The zero-order valence-electron chi connectivity index (χ0n) is 14.6. The zero-order chi connectivity index (χ0) is 18.1. The van der Waals surface area contributed by atoms with Crippen LogP contribution in [-0.2, 0) is 6.42 Å². The van der Waals surface area contributed by atoms with Gasteiger partial charge in [0.2, 0.25) is 0 Å². The molecule has 1 saturated heterocycles. The van der Waals surface area contributed by atoms with E-state index in [0.29, 0.717) is 29.1 Å². The number of aromatic nitrogens is 1. The molecule has 2 aliphatic rings. The second kappa shape index (κ2) is 7.10. The third-order valence-electron chi connectivity index (χ3n) is 5.73. The van der Waals surface area contributed by atoms with Crippen LogP contribution in [0.4, 0.5) is 0 Å². The third-order valence-corrected chi connectivity index (χ3v) is 5.95. The number of hydrogen-bond acceptors (Lipinski definition) is 4. The average Bonchev–Trinajstić information content (AvgIpc) is 3.10. The topological polar surface area (TPSA) is 53.4 Å². The standard InChI is InChI=1S/C21H23ClN2O2/c22-20-7-6-16(11-23-20)19(25)14-24-12-17-9-21(26,10-18(17)13-24)8-15-4-2-1-3-5-15/h1-7,11,17-18,26H,8-10,12-14H2/t17-,18+,21?. The molecule has 1 saturated carbocycles. The molecule has 2 aromatic rings. The maximum Gasteiger partial charge on any atom is 0.178 e. The van der Waals surface area contributed by atoms with Gasteiger partial charge in [0, 0.05) is 31.3 Å². The van der Waals surface area contributed by atoms with Crippen molar-refractivity contribution < 1.29 is 9.90 Å². The van der Waals surface area contributed by atoms with Gasteiger partial charge in [-0.1, -0.05) is 41.9 Å². The van der Waals surface area contributed by atoms with E-state index in [0.717, 1.165) is 32.4 Å². The highest BCUT2D eigenvalue weighted by atomic mass is 35.5. The molecule has 1 aromatic carbocycles. The van der Waals surface area contributed by atoms with Gasteiger partial charge in [-0.25, -0.2) is 4.98 Å². The molecular formula is C21H23ClN2O2. The summed E-state index contributed by atoms with van der Waals surface area (Å²) in [5.74, 6) is 1.02. The number of likely N-dealkylation sites (tertiary alicyclic amines) is 1. The van der Waals surface area contributed by atoms with Crippen molar-refractivity contribution >= 4 is 17.4 Å². The van der Waals surface area contributed by atoms with E-state index in [-0.39, 0.29) is 5.78 Å². The van der Waals surface area contributed by atoms with Crippen LogP contribution in [0.5, 0.6) is 0 Å². The second-order valence-corrected chi connectivity index (χ2v) is 8.19. The van der Waals surface area contributed by atoms with Crippen LogP contribution >= 0.6 is 11.6 Å². The summed E-state index contributed by atoms with van der Waals surface area (Å²) in [6, 6.07) is 13.6. The second-order valence-electron chi connectivity index (χ2n) is 7.80. The lowest BCUT2D eigenvalue weighted by molar-refractivity contribution is 0.0355. The molecule has 4 rings (SSSR count). The molecule has 2 heterocycles. The smallest absolute Gasteiger partial charge is 0.178 e. The molecule has 1 aromatic heterocycles. The molecule has 1 aliphatic heterocycles. The Labute approximate surface area is 158 Å². The normalized spacial score (nSPS) is 28.2. The van der Waals surface area contributed by atoms with Crippen molar-refractivity contribution in [1.82, 2.24) is 9.88 Å². The number of carbonyl (C=O) groups is 1. The van der Waals surface area contributed by atoms with E-state index in [1.165, 1.54) is 5.56 Å². The van der Waals surface area contributed by atoms with Crippen LogP contribution in [0.1, 0.15) is 28.8 Å². The van der Waals surface area contributed by atoms with Crippen LogP contribution in [0.2, 0.25) is 5.15 Å². The van der Waals surface area contributed by atoms with Crippen LogP contribution < -0.4 is 0 Å². The first-order valence-electron chi connectivity index (χ1n) is 9.14. The summed E-state index contributed by atoms with van der Waals surface area (Å²) in [6.07, 6.45) is 3.90. The van der Waals surface area contributed by atoms with Crippen LogP contribution in [0.25, 0.3) is 0 Å². The fraction of sp³-hybridized carbons (Fsp3) is 0.429. The lowest BCUT2D eigenvalue weighted by Gasteiger charge is -2.26. The van der Waals surface area contributed by atoms with Crippen molar-refractivity contribution in [1.29, 1.82) is 0 Å². The summed E-state index contributed by atoms with van der Waals surface area (Å²) in [6.45, 7) is 2.18. The van der Waals surface area contributed by atoms with Crippen molar-refractivity contribution in [3.63, 3.8) is 0 Å². The number of ketones is 1. The molecule has 136 valence electrons. The summed E-state index contributed by atoms with van der Waals surface area (Å²) in [7, 11) is 0. The first kappa shape index (κ1) is 17.7. The lowest BCUT2D eigenvalue weighted by Crippen LogP contribution is -2.34. The van der Waals surface area contributed by atoms with Gasteiger partial charge >= 0.3 is 0 Å². The van der Waals surface area contributed by atoms with Gasteiger partial charge in [0.1, 0.15) is 5.15 Å². The van der Waals surface area contributed by atoms with E-state index in [1.54, 1.807) is 18.3 Å². The highest BCUT2D eigenvalue weighted by molar-refractivity contribution is 6.29. The Kier molecular flexibility index (Phi) is 4.82. The maximum atomic E-state index is 12.4. The summed E-state index contributed by atoms with van der Waals surface area (Å²) >= 11 is 5.78. The summed E-state index contributed by atoms with van der Waals surface area (Å²) in [5, 5.41) is 11.4. The number of carbonyl (C=O) groups excluding carboxylic acids is 1. The zero-order valence-corrected chi connectivity index (χ0v) is 15.4. The molecule has 4 nitrogen and oxygen atoms in total. The van der Waals surface area contributed by atoms with Gasteiger partial charge in [0.25, 0.3) is 0 Å². The largest absolute Gasteiger partial charge is 0.390 e.